The molecule has 1 aliphatic carbocycles. The van der Waals surface area contributed by atoms with Gasteiger partial charge in [0.1, 0.15) is 0 Å². The van der Waals surface area contributed by atoms with Crippen LogP contribution in [0.4, 0.5) is 0 Å². The third kappa shape index (κ3) is 5.48. The molecule has 1 N–H and O–H groups in total. The molecule has 0 saturated heterocycles. The average molecular weight is 753 g/mol. The summed E-state index contributed by atoms with van der Waals surface area (Å²) >= 11 is 0. The summed E-state index contributed by atoms with van der Waals surface area (Å²) in [4.78, 5) is 5.17. The molecule has 0 bridgehead atoms. The van der Waals surface area contributed by atoms with E-state index in [0.29, 0.717) is 0 Å². The highest BCUT2D eigenvalue weighted by Crippen LogP contribution is 2.51. The van der Waals surface area contributed by atoms with Gasteiger partial charge in [-0.2, -0.15) is 0 Å². The van der Waals surface area contributed by atoms with Gasteiger partial charge in [-0.1, -0.05) is 202 Å². The standard InChI is InChI=1S/C57H40N2/c1-57(2)51-30-15-14-25-44(51)48-28-16-29-49(55(48)57)52(59-56(58)37-18-4-3-5-19-37)34-33-43-41-23-10-12-26-45(41)54(46-27-13-11-24-42(43)46)53-40-22-9-7-20-38(40)35-50-39-21-8-6-17-36(39)31-32-47(50)53/h3-35,58H,1-2H3/b34-33+,58-56?,59-52?. The van der Waals surface area contributed by atoms with Crippen molar-refractivity contribution in [2.75, 3.05) is 0 Å². The molecule has 2 nitrogen and oxygen atoms in total. The monoisotopic (exact) mass is 752 g/mol. The van der Waals surface area contributed by atoms with Crippen molar-refractivity contribution in [1.82, 2.24) is 0 Å². The predicted molar refractivity (Wildman–Crippen MR) is 252 cm³/mol. The van der Waals surface area contributed by atoms with Gasteiger partial charge in [0.2, 0.25) is 0 Å². The summed E-state index contributed by atoms with van der Waals surface area (Å²) in [6.45, 7) is 4.62. The van der Waals surface area contributed by atoms with Crippen LogP contribution in [0.1, 0.15) is 41.7 Å². The van der Waals surface area contributed by atoms with E-state index in [-0.39, 0.29) is 11.3 Å². The van der Waals surface area contributed by atoms with E-state index in [9.17, 15) is 5.41 Å². The molecule has 2 heteroatoms. The fourth-order valence-electron chi connectivity index (χ4n) is 9.89. The molecular formula is C57H40N2. The summed E-state index contributed by atoms with van der Waals surface area (Å²) in [6, 6.07) is 67.3. The van der Waals surface area contributed by atoms with E-state index >= 15 is 0 Å². The Hall–Kier alpha value is -7.42. The summed E-state index contributed by atoms with van der Waals surface area (Å²) in [5.41, 5.74) is 11.0. The van der Waals surface area contributed by atoms with Crippen molar-refractivity contribution in [3.8, 4) is 22.3 Å². The fraction of sp³-hybridized carbons (Fsp3) is 0.0526. The van der Waals surface area contributed by atoms with Gasteiger partial charge in [0.25, 0.3) is 0 Å². The lowest BCUT2D eigenvalue weighted by atomic mass is 9.79. The van der Waals surface area contributed by atoms with Crippen molar-refractivity contribution in [3.05, 3.63) is 222 Å². The highest BCUT2D eigenvalue weighted by atomic mass is 14.8. The first-order chi connectivity index (χ1) is 29.0. The van der Waals surface area contributed by atoms with Crippen LogP contribution in [0, 0.1) is 5.41 Å². The maximum absolute atomic E-state index is 9.26. The fourth-order valence-corrected chi connectivity index (χ4v) is 9.89. The minimum atomic E-state index is -0.250. The molecule has 0 radical (unpaired) electrons. The van der Waals surface area contributed by atoms with Crippen LogP contribution in [-0.4, -0.2) is 11.5 Å². The normalized spacial score (nSPS) is 13.5. The quantitative estimate of drug-likeness (QED) is 0.0787. The summed E-state index contributed by atoms with van der Waals surface area (Å²) in [7, 11) is 0. The second kappa shape index (κ2) is 13.6. The summed E-state index contributed by atoms with van der Waals surface area (Å²) < 4.78 is 0. The van der Waals surface area contributed by atoms with E-state index in [1.165, 1.54) is 87.2 Å². The topological polar surface area (TPSA) is 36.2 Å². The lowest BCUT2D eigenvalue weighted by Gasteiger charge is -2.24. The van der Waals surface area contributed by atoms with Crippen LogP contribution in [0.5, 0.6) is 0 Å². The maximum atomic E-state index is 9.26. The summed E-state index contributed by atoms with van der Waals surface area (Å²) in [5, 5.41) is 21.5. The molecule has 0 atom stereocenters. The molecule has 0 fully saturated rings. The van der Waals surface area contributed by atoms with Gasteiger partial charge < -0.3 is 0 Å². The Morgan fingerprint density at radius 2 is 1.03 bits per heavy atom. The molecule has 0 unspecified atom stereocenters. The third-order valence-electron chi connectivity index (χ3n) is 12.5. The molecule has 11 rings (SSSR count). The van der Waals surface area contributed by atoms with Crippen LogP contribution in [0.3, 0.4) is 0 Å². The molecule has 0 amide bonds. The zero-order valence-electron chi connectivity index (χ0n) is 33.0. The highest BCUT2D eigenvalue weighted by molar-refractivity contribution is 6.28. The molecule has 0 heterocycles. The van der Waals surface area contributed by atoms with Crippen molar-refractivity contribution in [1.29, 1.82) is 5.41 Å². The molecule has 59 heavy (non-hydrogen) atoms. The van der Waals surface area contributed by atoms with Gasteiger partial charge in [-0.15, -0.1) is 0 Å². The SMILES string of the molecule is CC1(C)c2ccccc2-c2cccc(C(/C=C/c3c4ccccc4c(-c4c5ccccc5cc5c4ccc4ccccc45)c4ccccc34)=NC(=N)c3ccccc3)c21. The predicted octanol–water partition coefficient (Wildman–Crippen LogP) is 15.0. The Bertz CT molecular complexity index is 3360. The van der Waals surface area contributed by atoms with Gasteiger partial charge >= 0.3 is 0 Å². The van der Waals surface area contributed by atoms with Crippen LogP contribution in [0.2, 0.25) is 0 Å². The molecule has 0 aromatic heterocycles. The van der Waals surface area contributed by atoms with Gasteiger partial charge in [0, 0.05) is 16.5 Å². The molecule has 1 aliphatic rings. The number of hydrogen-bond acceptors (Lipinski definition) is 1. The average Bonchev–Trinajstić information content (AvgIpc) is 3.53. The zero-order chi connectivity index (χ0) is 39.7. The minimum Gasteiger partial charge on any atom is -0.282 e. The van der Waals surface area contributed by atoms with E-state index in [4.69, 9.17) is 4.99 Å². The van der Waals surface area contributed by atoms with Crippen LogP contribution in [0.15, 0.2) is 199 Å². The largest absolute Gasteiger partial charge is 0.282 e. The first-order valence-electron chi connectivity index (χ1n) is 20.4. The van der Waals surface area contributed by atoms with Gasteiger partial charge in [-0.25, -0.2) is 4.99 Å². The number of benzene rings is 10. The Labute approximate surface area is 344 Å². The van der Waals surface area contributed by atoms with E-state index in [1.807, 2.05) is 30.3 Å². The van der Waals surface area contributed by atoms with Crippen LogP contribution >= 0.6 is 0 Å². The molecule has 0 spiro atoms. The highest BCUT2D eigenvalue weighted by Gasteiger charge is 2.37. The van der Waals surface area contributed by atoms with E-state index in [0.717, 1.165) is 22.4 Å². The number of rotatable bonds is 5. The summed E-state index contributed by atoms with van der Waals surface area (Å²) in [5.74, 6) is 0.233. The van der Waals surface area contributed by atoms with Gasteiger partial charge in [0.05, 0.1) is 5.71 Å². The van der Waals surface area contributed by atoms with Crippen molar-refractivity contribution >= 4 is 71.5 Å². The lowest BCUT2D eigenvalue weighted by Crippen LogP contribution is -2.19. The lowest BCUT2D eigenvalue weighted by molar-refractivity contribution is 0.659. The first kappa shape index (κ1) is 34.8. The van der Waals surface area contributed by atoms with Gasteiger partial charge in [0.15, 0.2) is 5.84 Å². The van der Waals surface area contributed by atoms with Gasteiger partial charge in [-0.05, 0) is 105 Å². The Balaban J connectivity index is 1.18. The molecule has 10 aromatic carbocycles. The van der Waals surface area contributed by atoms with Crippen molar-refractivity contribution in [2.24, 2.45) is 4.99 Å². The Morgan fingerprint density at radius 3 is 1.78 bits per heavy atom. The number of allylic oxidation sites excluding steroid dienone is 1. The smallest absolute Gasteiger partial charge is 0.152 e. The van der Waals surface area contributed by atoms with E-state index in [1.54, 1.807) is 0 Å². The van der Waals surface area contributed by atoms with Gasteiger partial charge in [-0.3, -0.25) is 5.41 Å². The Kier molecular flexibility index (Phi) is 8.03. The molecule has 278 valence electrons. The maximum Gasteiger partial charge on any atom is 0.152 e. The number of amidine groups is 1. The molecule has 0 saturated carbocycles. The number of aliphatic imine (C=N–C) groups is 1. The molecule has 10 aromatic rings. The minimum absolute atomic E-state index is 0.233. The van der Waals surface area contributed by atoms with Crippen LogP contribution in [0.25, 0.3) is 82.2 Å². The number of nitrogens with zero attached hydrogens (tertiary/aromatic N) is 1. The first-order valence-corrected chi connectivity index (χ1v) is 20.4. The summed E-state index contributed by atoms with van der Waals surface area (Å²) in [6.07, 6.45) is 4.40. The zero-order valence-corrected chi connectivity index (χ0v) is 33.0. The Morgan fingerprint density at radius 1 is 0.475 bits per heavy atom. The second-order valence-electron chi connectivity index (χ2n) is 16.2. The number of hydrogen-bond donors (Lipinski definition) is 1. The second-order valence-corrected chi connectivity index (χ2v) is 16.2. The van der Waals surface area contributed by atoms with Crippen molar-refractivity contribution in [3.63, 3.8) is 0 Å². The van der Waals surface area contributed by atoms with Crippen LogP contribution < -0.4 is 0 Å². The molecular weight excluding hydrogens is 713 g/mol. The van der Waals surface area contributed by atoms with E-state index < -0.39 is 0 Å². The van der Waals surface area contributed by atoms with E-state index in [2.05, 4.69) is 184 Å². The third-order valence-corrected chi connectivity index (χ3v) is 12.5. The van der Waals surface area contributed by atoms with Crippen molar-refractivity contribution < 1.29 is 0 Å². The number of fused-ring (bicyclic) bond motifs is 9. The molecule has 0 aliphatic heterocycles. The van der Waals surface area contributed by atoms with Crippen LogP contribution in [-0.2, 0) is 5.41 Å². The van der Waals surface area contributed by atoms with Crippen molar-refractivity contribution in [2.45, 2.75) is 19.3 Å². The number of nitrogens with one attached hydrogen (secondary N) is 1.